The summed E-state index contributed by atoms with van der Waals surface area (Å²) in [5.74, 6) is 0. The minimum Gasteiger partial charge on any atom is -0.298 e. The zero-order chi connectivity index (χ0) is 30.9. The zero-order valence-electron chi connectivity index (χ0n) is 26.9. The molecule has 0 aromatic rings. The molecule has 0 aliphatic carbocycles. The van der Waals surface area contributed by atoms with Gasteiger partial charge in [0.25, 0.3) is 0 Å². The minimum atomic E-state index is 0.795. The summed E-state index contributed by atoms with van der Waals surface area (Å²) in [6.45, 7) is 18.7. The molecule has 0 saturated heterocycles. The molecule has 0 saturated carbocycles. The molecular weight excluding hydrogens is 496 g/mol. The van der Waals surface area contributed by atoms with Gasteiger partial charge >= 0.3 is 0 Å². The molecule has 0 aliphatic heterocycles. The second-order valence-electron chi connectivity index (χ2n) is 10.6. The fourth-order valence-corrected chi connectivity index (χ4v) is 3.16. The van der Waals surface area contributed by atoms with E-state index in [4.69, 9.17) is 0 Å². The molecular formula is C40H52O. The number of carbonyl (C=O) groups excluding carboxylic acids is 1. The van der Waals surface area contributed by atoms with E-state index in [2.05, 4.69) is 171 Å². The van der Waals surface area contributed by atoms with Gasteiger partial charge in [-0.2, -0.15) is 0 Å². The Labute approximate surface area is 251 Å². The zero-order valence-corrected chi connectivity index (χ0v) is 26.9. The van der Waals surface area contributed by atoms with Crippen LogP contribution in [-0.2, 0) is 4.79 Å². The quantitative estimate of drug-likeness (QED) is 0.106. The molecule has 0 rings (SSSR count). The van der Waals surface area contributed by atoms with Gasteiger partial charge in [-0.1, -0.05) is 161 Å². The molecule has 0 amide bonds. The van der Waals surface area contributed by atoms with E-state index >= 15 is 0 Å². The molecule has 0 atom stereocenters. The van der Waals surface area contributed by atoms with E-state index in [0.29, 0.717) is 0 Å². The highest BCUT2D eigenvalue weighted by molar-refractivity contribution is 5.71. The van der Waals surface area contributed by atoms with Crippen molar-refractivity contribution in [3.63, 3.8) is 0 Å². The highest BCUT2D eigenvalue weighted by Gasteiger charge is 1.89. The molecule has 0 N–H and O–H groups in total. The summed E-state index contributed by atoms with van der Waals surface area (Å²) in [5.41, 5.74) is 9.38. The Bertz CT molecular complexity index is 1240. The van der Waals surface area contributed by atoms with Gasteiger partial charge in [0, 0.05) is 0 Å². The molecule has 0 radical (unpaired) electrons. The molecule has 0 fully saturated rings. The SMILES string of the molecule is CC(C)=CC=C/C(C)=C/C=C/C(C)=C/C=C/C(C)=C/C=C/C=C(C)/C=C/C=C(C)/C=C/C=C(\C)CC/C=C(\C)C=O. The summed E-state index contributed by atoms with van der Waals surface area (Å²) >= 11 is 0. The van der Waals surface area contributed by atoms with Crippen molar-refractivity contribution in [1.82, 2.24) is 0 Å². The van der Waals surface area contributed by atoms with Crippen LogP contribution in [0.15, 0.2) is 166 Å². The summed E-state index contributed by atoms with van der Waals surface area (Å²) in [6, 6.07) is 0. The van der Waals surface area contributed by atoms with E-state index in [-0.39, 0.29) is 0 Å². The summed E-state index contributed by atoms with van der Waals surface area (Å²) in [5, 5.41) is 0. The number of allylic oxidation sites excluding steroid dienone is 28. The van der Waals surface area contributed by atoms with Crippen LogP contribution >= 0.6 is 0 Å². The Hall–Kier alpha value is -3.97. The monoisotopic (exact) mass is 548 g/mol. The Morgan fingerprint density at radius 1 is 0.415 bits per heavy atom. The molecule has 0 bridgehead atoms. The van der Waals surface area contributed by atoms with Crippen LogP contribution in [-0.4, -0.2) is 6.29 Å². The Kier molecular flexibility index (Phi) is 21.6. The molecule has 0 unspecified atom stereocenters. The van der Waals surface area contributed by atoms with Gasteiger partial charge in [0.2, 0.25) is 0 Å². The molecule has 1 nitrogen and oxygen atoms in total. The van der Waals surface area contributed by atoms with Crippen LogP contribution in [0.25, 0.3) is 0 Å². The molecule has 0 aromatic heterocycles. The van der Waals surface area contributed by atoms with Crippen LogP contribution in [0.5, 0.6) is 0 Å². The summed E-state index contributed by atoms with van der Waals surface area (Å²) < 4.78 is 0. The van der Waals surface area contributed by atoms with Gasteiger partial charge in [-0.05, 0) is 80.7 Å². The van der Waals surface area contributed by atoms with E-state index in [0.717, 1.165) is 24.7 Å². The van der Waals surface area contributed by atoms with Crippen LogP contribution in [0.3, 0.4) is 0 Å². The first-order chi connectivity index (χ1) is 19.5. The van der Waals surface area contributed by atoms with E-state index in [1.165, 1.54) is 39.0 Å². The normalized spacial score (nSPS) is 15.7. The first-order valence-corrected chi connectivity index (χ1v) is 14.4. The first kappa shape index (κ1) is 37.0. The Balaban J connectivity index is 4.76. The van der Waals surface area contributed by atoms with E-state index in [9.17, 15) is 4.79 Å². The van der Waals surface area contributed by atoms with Crippen molar-refractivity contribution >= 4 is 6.29 Å². The fourth-order valence-electron chi connectivity index (χ4n) is 3.16. The van der Waals surface area contributed by atoms with Crippen molar-refractivity contribution in [2.24, 2.45) is 0 Å². The van der Waals surface area contributed by atoms with Gasteiger partial charge in [-0.25, -0.2) is 0 Å². The van der Waals surface area contributed by atoms with Crippen LogP contribution in [0.4, 0.5) is 0 Å². The highest BCUT2D eigenvalue weighted by Crippen LogP contribution is 2.08. The highest BCUT2D eigenvalue weighted by atomic mass is 16.1. The molecule has 218 valence electrons. The van der Waals surface area contributed by atoms with Crippen molar-refractivity contribution in [1.29, 1.82) is 0 Å². The maximum Gasteiger partial charge on any atom is 0.145 e. The average Bonchev–Trinajstić information content (AvgIpc) is 2.90. The predicted octanol–water partition coefficient (Wildman–Crippen LogP) is 11.9. The largest absolute Gasteiger partial charge is 0.298 e. The lowest BCUT2D eigenvalue weighted by atomic mass is 10.1. The molecule has 0 aromatic carbocycles. The standard InChI is InChI=1S/C40H52O/c1-33(2)18-12-21-36(5)24-15-27-37(6)25-13-22-34(3)19-10-11-20-35(4)23-14-26-38(7)28-16-29-39(8)30-17-31-40(9)32-41/h10-16,18-29,31-32H,17,30H2,1-9H3/b11-10+,21-12?,22-13+,23-14+,27-15+,28-16+,34-19+,35-20+,36-24+,37-25+,38-26+,39-29+,40-31+. The van der Waals surface area contributed by atoms with Gasteiger partial charge in [-0.3, -0.25) is 4.79 Å². The second kappa shape index (κ2) is 23.9. The molecule has 1 heteroatoms. The third-order valence-corrected chi connectivity index (χ3v) is 5.70. The summed E-state index contributed by atoms with van der Waals surface area (Å²) in [4.78, 5) is 10.6. The lowest BCUT2D eigenvalue weighted by Crippen LogP contribution is -1.79. The molecule has 0 aliphatic rings. The fraction of sp³-hybridized carbons (Fsp3) is 0.275. The third-order valence-electron chi connectivity index (χ3n) is 5.70. The van der Waals surface area contributed by atoms with Crippen molar-refractivity contribution in [2.75, 3.05) is 0 Å². The van der Waals surface area contributed by atoms with Crippen molar-refractivity contribution in [3.05, 3.63) is 166 Å². The number of rotatable bonds is 16. The average molecular weight is 549 g/mol. The summed E-state index contributed by atoms with van der Waals surface area (Å²) in [7, 11) is 0. The van der Waals surface area contributed by atoms with E-state index < -0.39 is 0 Å². The third kappa shape index (κ3) is 24.8. The Morgan fingerprint density at radius 2 is 0.756 bits per heavy atom. The molecule has 0 spiro atoms. The number of hydrogen-bond acceptors (Lipinski definition) is 1. The number of aldehydes is 1. The van der Waals surface area contributed by atoms with E-state index in [1.54, 1.807) is 0 Å². The van der Waals surface area contributed by atoms with Crippen LogP contribution in [0.1, 0.15) is 75.2 Å². The topological polar surface area (TPSA) is 17.1 Å². The van der Waals surface area contributed by atoms with Crippen molar-refractivity contribution in [3.8, 4) is 0 Å². The van der Waals surface area contributed by atoms with Gasteiger partial charge in [0.15, 0.2) is 0 Å². The lowest BCUT2D eigenvalue weighted by molar-refractivity contribution is -0.104. The number of carbonyl (C=O) groups is 1. The van der Waals surface area contributed by atoms with Gasteiger partial charge < -0.3 is 0 Å². The molecule has 41 heavy (non-hydrogen) atoms. The first-order valence-electron chi connectivity index (χ1n) is 14.4. The number of hydrogen-bond donors (Lipinski definition) is 0. The van der Waals surface area contributed by atoms with Crippen LogP contribution < -0.4 is 0 Å². The second-order valence-corrected chi connectivity index (χ2v) is 10.6. The van der Waals surface area contributed by atoms with Gasteiger partial charge in [-0.15, -0.1) is 0 Å². The molecule has 0 heterocycles. The minimum absolute atomic E-state index is 0.795. The predicted molar refractivity (Wildman–Crippen MR) is 186 cm³/mol. The van der Waals surface area contributed by atoms with Gasteiger partial charge in [0.05, 0.1) is 0 Å². The Morgan fingerprint density at radius 3 is 1.12 bits per heavy atom. The van der Waals surface area contributed by atoms with Crippen LogP contribution in [0, 0.1) is 0 Å². The summed E-state index contributed by atoms with van der Waals surface area (Å²) in [6.07, 6.45) is 44.7. The van der Waals surface area contributed by atoms with Crippen molar-refractivity contribution < 1.29 is 4.79 Å². The smallest absolute Gasteiger partial charge is 0.145 e. The van der Waals surface area contributed by atoms with Crippen LogP contribution in [0.2, 0.25) is 0 Å². The maximum absolute atomic E-state index is 10.6. The van der Waals surface area contributed by atoms with E-state index in [1.807, 2.05) is 13.0 Å². The lowest BCUT2D eigenvalue weighted by Gasteiger charge is -1.96. The maximum atomic E-state index is 10.6. The van der Waals surface area contributed by atoms with Crippen molar-refractivity contribution in [2.45, 2.75) is 75.2 Å². The van der Waals surface area contributed by atoms with Gasteiger partial charge in [0.1, 0.15) is 6.29 Å².